The highest BCUT2D eigenvalue weighted by molar-refractivity contribution is 7.89. The van der Waals surface area contributed by atoms with E-state index in [1.54, 1.807) is 0 Å². The minimum atomic E-state index is -4.86. The summed E-state index contributed by atoms with van der Waals surface area (Å²) in [6, 6.07) is 4.53. The van der Waals surface area contributed by atoms with E-state index in [9.17, 15) is 21.6 Å². The van der Waals surface area contributed by atoms with Crippen molar-refractivity contribution in [3.8, 4) is 5.75 Å². The van der Waals surface area contributed by atoms with E-state index in [0.29, 0.717) is 6.54 Å². The van der Waals surface area contributed by atoms with Gasteiger partial charge < -0.3 is 9.64 Å². The van der Waals surface area contributed by atoms with E-state index in [1.807, 2.05) is 0 Å². The predicted molar refractivity (Wildman–Crippen MR) is 99.5 cm³/mol. The number of nitrogens with zero attached hydrogens (tertiary/aromatic N) is 2. The maximum atomic E-state index is 13.0. The molecule has 0 aromatic heterocycles. The molecule has 0 spiro atoms. The Balaban J connectivity index is 1.67. The lowest BCUT2D eigenvalue weighted by molar-refractivity contribution is -0.274. The van der Waals surface area contributed by atoms with E-state index >= 15 is 0 Å². The Morgan fingerprint density at radius 3 is 2.54 bits per heavy atom. The first-order chi connectivity index (χ1) is 13.1. The molecule has 2 heterocycles. The fraction of sp³-hybridized carbons (Fsp3) is 0.684. The lowest BCUT2D eigenvalue weighted by Crippen LogP contribution is -2.40. The van der Waals surface area contributed by atoms with Crippen LogP contribution in [0.5, 0.6) is 5.75 Å². The van der Waals surface area contributed by atoms with Gasteiger partial charge in [0.1, 0.15) is 5.75 Å². The van der Waals surface area contributed by atoms with Crippen LogP contribution in [0.25, 0.3) is 0 Å². The molecule has 158 valence electrons. The van der Waals surface area contributed by atoms with Gasteiger partial charge in [0.25, 0.3) is 0 Å². The van der Waals surface area contributed by atoms with Gasteiger partial charge in [-0.15, -0.1) is 13.2 Å². The van der Waals surface area contributed by atoms with Crippen LogP contribution in [0.4, 0.5) is 13.2 Å². The van der Waals surface area contributed by atoms with Crippen LogP contribution >= 0.6 is 0 Å². The maximum Gasteiger partial charge on any atom is 0.573 e. The van der Waals surface area contributed by atoms with Crippen molar-refractivity contribution in [2.24, 2.45) is 5.92 Å². The van der Waals surface area contributed by atoms with E-state index in [-0.39, 0.29) is 10.9 Å². The molecule has 1 aromatic rings. The van der Waals surface area contributed by atoms with E-state index in [0.717, 1.165) is 56.9 Å². The van der Waals surface area contributed by atoms with Crippen molar-refractivity contribution in [1.82, 2.24) is 9.21 Å². The monoisotopic (exact) mass is 420 g/mol. The number of benzene rings is 1. The van der Waals surface area contributed by atoms with Gasteiger partial charge in [0, 0.05) is 18.7 Å². The molecular formula is C19H27F3N2O3S. The van der Waals surface area contributed by atoms with Crippen LogP contribution in [0.3, 0.4) is 0 Å². The average Bonchev–Trinajstić information content (AvgIpc) is 3.09. The molecule has 0 N–H and O–H groups in total. The largest absolute Gasteiger partial charge is 0.573 e. The molecule has 0 bridgehead atoms. The van der Waals surface area contributed by atoms with Gasteiger partial charge in [0.2, 0.25) is 10.0 Å². The highest BCUT2D eigenvalue weighted by Gasteiger charge is 2.36. The molecule has 28 heavy (non-hydrogen) atoms. The summed E-state index contributed by atoms with van der Waals surface area (Å²) in [5.41, 5.74) is 0. The van der Waals surface area contributed by atoms with Crippen molar-refractivity contribution in [3.05, 3.63) is 24.3 Å². The third kappa shape index (κ3) is 5.39. The minimum absolute atomic E-state index is 0.114. The van der Waals surface area contributed by atoms with Crippen molar-refractivity contribution in [2.45, 2.75) is 56.3 Å². The molecule has 2 aliphatic heterocycles. The number of alkyl halides is 3. The van der Waals surface area contributed by atoms with Gasteiger partial charge in [-0.3, -0.25) is 0 Å². The Kier molecular flexibility index (Phi) is 6.56. The van der Waals surface area contributed by atoms with Gasteiger partial charge in [-0.25, -0.2) is 8.42 Å². The number of sulfonamides is 1. The molecule has 0 radical (unpaired) electrons. The quantitative estimate of drug-likeness (QED) is 0.701. The number of piperidine rings is 1. The van der Waals surface area contributed by atoms with Crippen LogP contribution in [0, 0.1) is 5.92 Å². The van der Waals surface area contributed by atoms with Gasteiger partial charge >= 0.3 is 6.36 Å². The molecule has 9 heteroatoms. The van der Waals surface area contributed by atoms with E-state index in [1.165, 1.54) is 29.3 Å². The highest BCUT2D eigenvalue weighted by atomic mass is 32.2. The standard InChI is InChI=1S/C19H27F3N2O3S/c1-15-7-11-23(12-8-15)13-9-16-4-3-10-24(16)28(25,26)18-6-2-5-17(14-18)27-19(20,21)22/h2,5-6,14-16H,3-4,7-13H2,1H3. The molecule has 5 nitrogen and oxygen atoms in total. The molecular weight excluding hydrogens is 393 g/mol. The molecule has 0 saturated carbocycles. The van der Waals surface area contributed by atoms with Crippen molar-refractivity contribution in [3.63, 3.8) is 0 Å². The van der Waals surface area contributed by atoms with E-state index in [2.05, 4.69) is 16.6 Å². The van der Waals surface area contributed by atoms with Crippen LogP contribution < -0.4 is 4.74 Å². The first-order valence-electron chi connectivity index (χ1n) is 9.75. The first kappa shape index (κ1) is 21.4. The van der Waals surface area contributed by atoms with Crippen LogP contribution in [0.1, 0.15) is 39.0 Å². The molecule has 3 rings (SSSR count). The lowest BCUT2D eigenvalue weighted by atomic mass is 9.99. The Morgan fingerprint density at radius 1 is 1.14 bits per heavy atom. The number of hydrogen-bond acceptors (Lipinski definition) is 4. The second-order valence-corrected chi connectivity index (χ2v) is 9.64. The first-order valence-corrected chi connectivity index (χ1v) is 11.2. The van der Waals surface area contributed by atoms with Crippen LogP contribution in [-0.2, 0) is 10.0 Å². The predicted octanol–water partition coefficient (Wildman–Crippen LogP) is 3.86. The lowest BCUT2D eigenvalue weighted by Gasteiger charge is -2.32. The zero-order chi connectivity index (χ0) is 20.4. The van der Waals surface area contributed by atoms with Gasteiger partial charge in [-0.2, -0.15) is 4.31 Å². The third-order valence-electron chi connectivity index (χ3n) is 5.62. The number of likely N-dealkylation sites (tertiary alicyclic amines) is 1. The summed E-state index contributed by atoms with van der Waals surface area (Å²) in [6.45, 7) is 5.57. The van der Waals surface area contributed by atoms with Gasteiger partial charge in [-0.1, -0.05) is 13.0 Å². The molecule has 1 aromatic carbocycles. The zero-order valence-electron chi connectivity index (χ0n) is 16.0. The molecule has 0 amide bonds. The van der Waals surface area contributed by atoms with Crippen molar-refractivity contribution in [1.29, 1.82) is 0 Å². The van der Waals surface area contributed by atoms with Crippen molar-refractivity contribution < 1.29 is 26.3 Å². The van der Waals surface area contributed by atoms with Crippen molar-refractivity contribution in [2.75, 3.05) is 26.2 Å². The molecule has 1 atom stereocenters. The molecule has 2 fully saturated rings. The topological polar surface area (TPSA) is 49.9 Å². The SMILES string of the molecule is CC1CCN(CCC2CCCN2S(=O)(=O)c2cccc(OC(F)(F)F)c2)CC1. The minimum Gasteiger partial charge on any atom is -0.406 e. The summed E-state index contributed by atoms with van der Waals surface area (Å²) in [6.07, 6.45) is -0.240. The van der Waals surface area contributed by atoms with Crippen molar-refractivity contribution >= 4 is 10.0 Å². The number of halogens is 3. The second-order valence-electron chi connectivity index (χ2n) is 7.75. The Morgan fingerprint density at radius 2 is 1.86 bits per heavy atom. The van der Waals surface area contributed by atoms with Crippen LogP contribution in [0.2, 0.25) is 0 Å². The smallest absolute Gasteiger partial charge is 0.406 e. The number of hydrogen-bond donors (Lipinski definition) is 0. The van der Waals surface area contributed by atoms with E-state index in [4.69, 9.17) is 0 Å². The maximum absolute atomic E-state index is 13.0. The second kappa shape index (κ2) is 8.59. The fourth-order valence-corrected chi connectivity index (χ4v) is 5.76. The Hall–Kier alpha value is -1.32. The number of rotatable bonds is 6. The highest BCUT2D eigenvalue weighted by Crippen LogP contribution is 2.31. The summed E-state index contributed by atoms with van der Waals surface area (Å²) >= 11 is 0. The summed E-state index contributed by atoms with van der Waals surface area (Å²) in [7, 11) is -3.86. The summed E-state index contributed by atoms with van der Waals surface area (Å²) in [5.74, 6) is 0.220. The summed E-state index contributed by atoms with van der Waals surface area (Å²) in [5, 5.41) is 0. The Labute approximate surface area is 164 Å². The molecule has 0 aliphatic carbocycles. The van der Waals surface area contributed by atoms with E-state index < -0.39 is 22.1 Å². The average molecular weight is 420 g/mol. The normalized spacial score (nSPS) is 23.2. The summed E-state index contributed by atoms with van der Waals surface area (Å²) in [4.78, 5) is 2.22. The van der Waals surface area contributed by atoms with Crippen LogP contribution in [-0.4, -0.2) is 56.2 Å². The fourth-order valence-electron chi connectivity index (χ4n) is 4.00. The van der Waals surface area contributed by atoms with Gasteiger partial charge in [-0.05, 0) is 69.8 Å². The zero-order valence-corrected chi connectivity index (χ0v) is 16.8. The molecule has 1 unspecified atom stereocenters. The molecule has 2 saturated heterocycles. The Bertz CT molecular complexity index is 762. The third-order valence-corrected chi connectivity index (χ3v) is 7.57. The number of ether oxygens (including phenoxy) is 1. The summed E-state index contributed by atoms with van der Waals surface area (Å²) < 4.78 is 68.7. The molecule has 2 aliphatic rings. The van der Waals surface area contributed by atoms with Gasteiger partial charge in [0.05, 0.1) is 4.90 Å². The van der Waals surface area contributed by atoms with Gasteiger partial charge in [0.15, 0.2) is 0 Å². The van der Waals surface area contributed by atoms with Crippen LogP contribution in [0.15, 0.2) is 29.2 Å².